The maximum atomic E-state index is 10.0. The lowest BCUT2D eigenvalue weighted by molar-refractivity contribution is -0.873. The van der Waals surface area contributed by atoms with Gasteiger partial charge in [0.25, 0.3) is 0 Å². The van der Waals surface area contributed by atoms with Crippen molar-refractivity contribution in [3.63, 3.8) is 0 Å². The number of carboxylic acids is 2. The van der Waals surface area contributed by atoms with Crippen LogP contribution in [0.3, 0.4) is 0 Å². The summed E-state index contributed by atoms with van der Waals surface area (Å²) in [6, 6.07) is 0. The molecule has 0 amide bonds. The Hall–Kier alpha value is -1.18. The third kappa shape index (κ3) is 18.6. The van der Waals surface area contributed by atoms with Crippen molar-refractivity contribution < 1.29 is 34.5 Å². The molecule has 0 bridgehead atoms. The number of aliphatic hydroxyl groups is 2. The summed E-state index contributed by atoms with van der Waals surface area (Å²) in [5.74, 6) is -2.39. The predicted molar refractivity (Wildman–Crippen MR) is 53.3 cm³/mol. The molecule has 96 valence electrons. The van der Waals surface area contributed by atoms with Crippen molar-refractivity contribution in [1.29, 1.82) is 0 Å². The number of carboxylic acid groups (broad SMARTS) is 2. The standard InChI is InChI=1S/C7H15NO3.C2H4O3/c1-8(2,3)5-6(9)4-7(10)11;3-1-2(4)5/h6,9H,4-5H2,1-3H3;3H,1H2,(H,4,5)/t6-;/m1./s1. The van der Waals surface area contributed by atoms with Gasteiger partial charge in [-0.1, -0.05) is 0 Å². The lowest BCUT2D eigenvalue weighted by atomic mass is 10.2. The minimum Gasteiger partial charge on any atom is -0.550 e. The molecule has 0 aromatic heterocycles. The summed E-state index contributed by atoms with van der Waals surface area (Å²) in [6.45, 7) is -0.353. The van der Waals surface area contributed by atoms with Crippen LogP contribution in [0.1, 0.15) is 6.42 Å². The molecule has 0 aliphatic heterocycles. The first kappa shape index (κ1) is 17.2. The first-order chi connectivity index (χ1) is 7.08. The summed E-state index contributed by atoms with van der Waals surface area (Å²) >= 11 is 0. The Morgan fingerprint density at radius 1 is 1.31 bits per heavy atom. The Morgan fingerprint density at radius 3 is 1.88 bits per heavy atom. The predicted octanol–water partition coefficient (Wildman–Crippen LogP) is -2.74. The van der Waals surface area contributed by atoms with Gasteiger partial charge < -0.3 is 29.7 Å². The zero-order chi connectivity index (χ0) is 13.4. The van der Waals surface area contributed by atoms with Crippen molar-refractivity contribution in [2.24, 2.45) is 0 Å². The molecule has 0 aromatic carbocycles. The average molecular weight is 237 g/mol. The highest BCUT2D eigenvalue weighted by Crippen LogP contribution is 1.97. The number of rotatable bonds is 5. The van der Waals surface area contributed by atoms with E-state index in [1.54, 1.807) is 0 Å². The molecule has 0 unspecified atom stereocenters. The van der Waals surface area contributed by atoms with Crippen LogP contribution in [0.25, 0.3) is 0 Å². The van der Waals surface area contributed by atoms with Crippen molar-refractivity contribution in [2.75, 3.05) is 34.3 Å². The van der Waals surface area contributed by atoms with Gasteiger partial charge in [0.05, 0.1) is 21.1 Å². The number of aliphatic hydroxyl groups excluding tert-OH is 2. The van der Waals surface area contributed by atoms with Gasteiger partial charge in [-0.25, -0.2) is 4.79 Å². The van der Waals surface area contributed by atoms with Gasteiger partial charge in [-0.3, -0.25) is 0 Å². The molecule has 1 atom stereocenters. The van der Waals surface area contributed by atoms with E-state index in [2.05, 4.69) is 0 Å². The topological polar surface area (TPSA) is 118 Å². The van der Waals surface area contributed by atoms with Crippen LogP contribution in [0.15, 0.2) is 0 Å². The second-order valence-corrected chi connectivity index (χ2v) is 4.25. The van der Waals surface area contributed by atoms with Crippen molar-refractivity contribution in [1.82, 2.24) is 0 Å². The van der Waals surface area contributed by atoms with Crippen LogP contribution < -0.4 is 5.11 Å². The zero-order valence-electron chi connectivity index (χ0n) is 9.71. The van der Waals surface area contributed by atoms with Crippen molar-refractivity contribution in [3.05, 3.63) is 0 Å². The minimum absolute atomic E-state index is 0.282. The molecule has 0 heterocycles. The fourth-order valence-corrected chi connectivity index (χ4v) is 0.889. The molecule has 0 aromatic rings. The van der Waals surface area contributed by atoms with E-state index in [-0.39, 0.29) is 6.42 Å². The highest BCUT2D eigenvalue weighted by Gasteiger charge is 2.14. The van der Waals surface area contributed by atoms with E-state index in [0.717, 1.165) is 0 Å². The highest BCUT2D eigenvalue weighted by molar-refractivity contribution is 5.67. The Bertz CT molecular complexity index is 223. The summed E-state index contributed by atoms with van der Waals surface area (Å²) in [5.41, 5.74) is 0. The molecule has 0 fully saturated rings. The smallest absolute Gasteiger partial charge is 0.329 e. The molecule has 0 radical (unpaired) electrons. The zero-order valence-corrected chi connectivity index (χ0v) is 9.71. The summed E-state index contributed by atoms with van der Waals surface area (Å²) in [4.78, 5) is 19.1. The summed E-state index contributed by atoms with van der Waals surface area (Å²) in [7, 11) is 5.66. The number of nitrogens with zero attached hydrogens (tertiary/aromatic N) is 1. The molecule has 3 N–H and O–H groups in total. The number of aliphatic carboxylic acids is 2. The summed E-state index contributed by atoms with van der Waals surface area (Å²) in [6.07, 6.45) is -1.09. The van der Waals surface area contributed by atoms with Crippen LogP contribution in [-0.2, 0) is 9.59 Å². The first-order valence-corrected chi connectivity index (χ1v) is 4.59. The van der Waals surface area contributed by atoms with Gasteiger partial charge in [0, 0.05) is 12.4 Å². The second kappa shape index (κ2) is 8.03. The fourth-order valence-electron chi connectivity index (χ4n) is 0.889. The van der Waals surface area contributed by atoms with Gasteiger partial charge >= 0.3 is 5.97 Å². The number of likely N-dealkylation sites (N-methyl/N-ethyl adjacent to an activating group) is 1. The average Bonchev–Trinajstić information content (AvgIpc) is 1.99. The van der Waals surface area contributed by atoms with Gasteiger partial charge in [-0.05, 0) is 0 Å². The van der Waals surface area contributed by atoms with E-state index in [1.165, 1.54) is 0 Å². The number of hydrogen-bond acceptors (Lipinski definition) is 5. The molecule has 0 rings (SSSR count). The van der Waals surface area contributed by atoms with Gasteiger partial charge in [-0.15, -0.1) is 0 Å². The molecule has 7 heteroatoms. The Balaban J connectivity index is 0. The van der Waals surface area contributed by atoms with Gasteiger partial charge in [-0.2, -0.15) is 0 Å². The van der Waals surface area contributed by atoms with Crippen LogP contribution in [0, 0.1) is 0 Å². The third-order valence-corrected chi connectivity index (χ3v) is 1.30. The molecule has 0 saturated heterocycles. The van der Waals surface area contributed by atoms with E-state index in [1.807, 2.05) is 21.1 Å². The largest absolute Gasteiger partial charge is 0.550 e. The minimum atomic E-state index is -1.20. The quantitative estimate of drug-likeness (QED) is 0.446. The maximum absolute atomic E-state index is 10.0. The molecule has 0 saturated carbocycles. The molecule has 0 spiro atoms. The van der Waals surface area contributed by atoms with Crippen LogP contribution in [-0.4, -0.2) is 72.1 Å². The van der Waals surface area contributed by atoms with Gasteiger partial charge in [0.1, 0.15) is 19.3 Å². The van der Waals surface area contributed by atoms with Crippen molar-refractivity contribution >= 4 is 11.9 Å². The van der Waals surface area contributed by atoms with Crippen molar-refractivity contribution in [3.8, 4) is 0 Å². The lowest BCUT2D eigenvalue weighted by Gasteiger charge is -2.26. The highest BCUT2D eigenvalue weighted by atomic mass is 16.4. The monoisotopic (exact) mass is 237 g/mol. The van der Waals surface area contributed by atoms with Crippen LogP contribution in [0.5, 0.6) is 0 Å². The number of hydrogen-bond donors (Lipinski definition) is 3. The van der Waals surface area contributed by atoms with Crippen molar-refractivity contribution in [2.45, 2.75) is 12.5 Å². The third-order valence-electron chi connectivity index (χ3n) is 1.30. The summed E-state index contributed by atoms with van der Waals surface area (Å²) < 4.78 is 0.550. The number of quaternary nitrogens is 1. The SMILES string of the molecule is C[N+](C)(C)C[C@H](O)CC(=O)[O-].O=C(O)CO. The van der Waals surface area contributed by atoms with Gasteiger partial charge in [0.15, 0.2) is 0 Å². The molecule has 7 nitrogen and oxygen atoms in total. The maximum Gasteiger partial charge on any atom is 0.329 e. The summed E-state index contributed by atoms with van der Waals surface area (Å²) in [5, 5.41) is 34.2. The second-order valence-electron chi connectivity index (χ2n) is 4.25. The molecule has 0 aliphatic rings. The molecule has 0 aliphatic carbocycles. The first-order valence-electron chi connectivity index (χ1n) is 4.59. The van der Waals surface area contributed by atoms with Crippen LogP contribution >= 0.6 is 0 Å². The van der Waals surface area contributed by atoms with Crippen LogP contribution in [0.2, 0.25) is 0 Å². The Kier molecular flexibility index (Phi) is 8.64. The fraction of sp³-hybridized carbons (Fsp3) is 0.778. The molecular formula is C9H19NO6. The van der Waals surface area contributed by atoms with E-state index in [4.69, 9.17) is 20.1 Å². The van der Waals surface area contributed by atoms with E-state index >= 15 is 0 Å². The van der Waals surface area contributed by atoms with E-state index in [0.29, 0.717) is 11.0 Å². The van der Waals surface area contributed by atoms with Crippen LogP contribution in [0.4, 0.5) is 0 Å². The lowest BCUT2D eigenvalue weighted by Crippen LogP contribution is -2.43. The number of carbonyl (C=O) groups is 2. The molecule has 16 heavy (non-hydrogen) atoms. The molecular weight excluding hydrogens is 218 g/mol. The van der Waals surface area contributed by atoms with E-state index < -0.39 is 24.6 Å². The Morgan fingerprint density at radius 2 is 1.69 bits per heavy atom. The Labute approximate surface area is 94.1 Å². The normalized spacial score (nSPS) is 12.3. The number of carbonyl (C=O) groups excluding carboxylic acids is 1. The van der Waals surface area contributed by atoms with Gasteiger partial charge in [0.2, 0.25) is 0 Å². The van der Waals surface area contributed by atoms with E-state index in [9.17, 15) is 9.90 Å².